The van der Waals surface area contributed by atoms with Gasteiger partial charge < -0.3 is 19.5 Å². The Morgan fingerprint density at radius 2 is 1.83 bits per heavy atom. The Hall–Kier alpha value is -3.75. The first-order chi connectivity index (χ1) is 17.4. The van der Waals surface area contributed by atoms with Crippen LogP contribution in [0, 0.1) is 0 Å². The van der Waals surface area contributed by atoms with Crippen LogP contribution in [0.1, 0.15) is 28.4 Å². The number of aromatic carboxylic acids is 1. The van der Waals surface area contributed by atoms with E-state index in [9.17, 15) is 14.7 Å². The van der Waals surface area contributed by atoms with E-state index in [0.29, 0.717) is 45.5 Å². The predicted octanol–water partition coefficient (Wildman–Crippen LogP) is 6.12. The average Bonchev–Trinajstić information content (AvgIpc) is 3.24. The summed E-state index contributed by atoms with van der Waals surface area (Å²) in [6.07, 6.45) is 1.73. The molecule has 0 aromatic heterocycles. The summed E-state index contributed by atoms with van der Waals surface area (Å²) < 4.78 is 11.7. The van der Waals surface area contributed by atoms with Gasteiger partial charge in [-0.3, -0.25) is 4.79 Å². The first kappa shape index (κ1) is 25.3. The van der Waals surface area contributed by atoms with E-state index in [-0.39, 0.29) is 5.56 Å². The van der Waals surface area contributed by atoms with Gasteiger partial charge in [-0.2, -0.15) is 4.99 Å². The van der Waals surface area contributed by atoms with Crippen molar-refractivity contribution in [3.05, 3.63) is 93.3 Å². The molecule has 1 heterocycles. The topological polar surface area (TPSA) is 88.4 Å². The molecule has 3 aromatic rings. The fourth-order valence-electron chi connectivity index (χ4n) is 3.49. The number of ether oxygens (including phenoxy) is 2. The molecule has 1 aliphatic rings. The number of carbonyl (C=O) groups excluding carboxylic acids is 1. The van der Waals surface area contributed by atoms with E-state index in [1.165, 1.54) is 17.8 Å². The first-order valence-electron chi connectivity index (χ1n) is 11.1. The number of nitrogens with zero attached hydrogens (tertiary/aromatic N) is 2. The number of anilines is 1. The minimum absolute atomic E-state index is 0.128. The van der Waals surface area contributed by atoms with E-state index in [0.717, 1.165) is 11.1 Å². The van der Waals surface area contributed by atoms with Gasteiger partial charge in [-0.15, -0.1) is 0 Å². The smallest absolute Gasteiger partial charge is 0.337 e. The molecule has 0 unspecified atom stereocenters. The molecule has 0 radical (unpaired) electrons. The molecule has 0 bridgehead atoms. The SMILES string of the molecule is CCOc1cc(/C=C2\SC(N(C)c3ccccc3C(=O)O)=NC2=O)ccc1OCc1ccc(Cl)cc1. The minimum Gasteiger partial charge on any atom is -0.490 e. The van der Waals surface area contributed by atoms with Crippen LogP contribution in [0.25, 0.3) is 6.08 Å². The second kappa shape index (κ2) is 11.3. The zero-order valence-electron chi connectivity index (χ0n) is 19.6. The van der Waals surface area contributed by atoms with Crippen molar-refractivity contribution in [2.75, 3.05) is 18.6 Å². The highest BCUT2D eigenvalue weighted by atomic mass is 35.5. The molecule has 1 aliphatic heterocycles. The van der Waals surface area contributed by atoms with Crippen molar-refractivity contribution in [3.63, 3.8) is 0 Å². The maximum atomic E-state index is 12.6. The number of para-hydroxylation sites is 1. The zero-order chi connectivity index (χ0) is 25.7. The van der Waals surface area contributed by atoms with Crippen LogP contribution in [0.15, 0.2) is 76.6 Å². The number of thioether (sulfide) groups is 1. The third-order valence-electron chi connectivity index (χ3n) is 5.26. The van der Waals surface area contributed by atoms with Gasteiger partial charge in [0.1, 0.15) is 6.61 Å². The molecule has 7 nitrogen and oxygen atoms in total. The van der Waals surface area contributed by atoms with Crippen LogP contribution < -0.4 is 14.4 Å². The molecule has 184 valence electrons. The summed E-state index contributed by atoms with van der Waals surface area (Å²) >= 11 is 7.12. The molecule has 0 saturated carbocycles. The molecule has 0 atom stereocenters. The van der Waals surface area contributed by atoms with Crippen LogP contribution in [0.5, 0.6) is 11.5 Å². The zero-order valence-corrected chi connectivity index (χ0v) is 21.2. The molecule has 0 spiro atoms. The molecule has 1 N–H and O–H groups in total. The van der Waals surface area contributed by atoms with Gasteiger partial charge in [0.15, 0.2) is 16.7 Å². The number of carboxylic acids is 1. The lowest BCUT2D eigenvalue weighted by Crippen LogP contribution is -2.24. The predicted molar refractivity (Wildman–Crippen MR) is 143 cm³/mol. The number of rotatable bonds is 8. The van der Waals surface area contributed by atoms with E-state index in [1.807, 2.05) is 43.3 Å². The molecule has 36 heavy (non-hydrogen) atoms. The lowest BCUT2D eigenvalue weighted by molar-refractivity contribution is -0.113. The molecule has 1 amide bonds. The van der Waals surface area contributed by atoms with Crippen molar-refractivity contribution < 1.29 is 24.2 Å². The van der Waals surface area contributed by atoms with Crippen molar-refractivity contribution in [2.24, 2.45) is 4.99 Å². The highest BCUT2D eigenvalue weighted by Crippen LogP contribution is 2.35. The van der Waals surface area contributed by atoms with Gasteiger partial charge in [-0.1, -0.05) is 41.9 Å². The van der Waals surface area contributed by atoms with Gasteiger partial charge in [0, 0.05) is 12.1 Å². The van der Waals surface area contributed by atoms with E-state index in [2.05, 4.69) is 4.99 Å². The van der Waals surface area contributed by atoms with E-state index in [4.69, 9.17) is 21.1 Å². The maximum absolute atomic E-state index is 12.6. The highest BCUT2D eigenvalue weighted by molar-refractivity contribution is 8.18. The summed E-state index contributed by atoms with van der Waals surface area (Å²) in [5.41, 5.74) is 2.30. The van der Waals surface area contributed by atoms with Crippen molar-refractivity contribution in [1.29, 1.82) is 0 Å². The van der Waals surface area contributed by atoms with Crippen molar-refractivity contribution in [3.8, 4) is 11.5 Å². The number of amidine groups is 1. The van der Waals surface area contributed by atoms with Crippen molar-refractivity contribution >= 4 is 52.2 Å². The lowest BCUT2D eigenvalue weighted by Gasteiger charge is -2.19. The third kappa shape index (κ3) is 5.90. The molecule has 0 fully saturated rings. The number of aliphatic imine (C=N–C) groups is 1. The Morgan fingerprint density at radius 3 is 2.56 bits per heavy atom. The van der Waals surface area contributed by atoms with Gasteiger partial charge in [0.2, 0.25) is 0 Å². The number of hydrogen-bond donors (Lipinski definition) is 1. The molecule has 4 rings (SSSR count). The van der Waals surface area contributed by atoms with Crippen LogP contribution >= 0.6 is 23.4 Å². The second-order valence-corrected chi connectivity index (χ2v) is 9.19. The second-order valence-electron chi connectivity index (χ2n) is 7.75. The number of benzene rings is 3. The van der Waals surface area contributed by atoms with Crippen LogP contribution in [0.4, 0.5) is 5.69 Å². The average molecular weight is 523 g/mol. The molecule has 3 aromatic carbocycles. The van der Waals surface area contributed by atoms with Gasteiger partial charge in [0.05, 0.1) is 22.8 Å². The van der Waals surface area contributed by atoms with E-state index < -0.39 is 11.9 Å². The first-order valence-corrected chi connectivity index (χ1v) is 12.3. The number of hydrogen-bond acceptors (Lipinski definition) is 6. The highest BCUT2D eigenvalue weighted by Gasteiger charge is 2.27. The van der Waals surface area contributed by atoms with Crippen LogP contribution in [-0.4, -0.2) is 35.8 Å². The maximum Gasteiger partial charge on any atom is 0.337 e. The summed E-state index contributed by atoms with van der Waals surface area (Å²) in [4.78, 5) is 30.4. The molecule has 0 aliphatic carbocycles. The third-order valence-corrected chi connectivity index (χ3v) is 6.58. The number of carboxylic acid groups (broad SMARTS) is 1. The van der Waals surface area contributed by atoms with Gasteiger partial charge in [0.25, 0.3) is 5.91 Å². The van der Waals surface area contributed by atoms with Crippen LogP contribution in [0.3, 0.4) is 0 Å². The summed E-state index contributed by atoms with van der Waals surface area (Å²) in [5, 5.41) is 10.5. The number of halogens is 1. The number of amides is 1. The summed E-state index contributed by atoms with van der Waals surface area (Å²) in [6, 6.07) is 19.4. The largest absolute Gasteiger partial charge is 0.490 e. The minimum atomic E-state index is -1.05. The van der Waals surface area contributed by atoms with Gasteiger partial charge >= 0.3 is 5.97 Å². The molecule has 9 heteroatoms. The summed E-state index contributed by atoms with van der Waals surface area (Å²) in [6.45, 7) is 2.69. The normalized spacial score (nSPS) is 14.0. The summed E-state index contributed by atoms with van der Waals surface area (Å²) in [5.74, 6) is -0.299. The van der Waals surface area contributed by atoms with Crippen LogP contribution in [0.2, 0.25) is 5.02 Å². The fraction of sp³-hybridized carbons (Fsp3) is 0.148. The molecule has 0 saturated heterocycles. The Bertz CT molecular complexity index is 1350. The fourth-order valence-corrected chi connectivity index (χ4v) is 4.50. The Kier molecular flexibility index (Phi) is 7.97. The Labute approximate surface area is 218 Å². The molecular formula is C27H23ClN2O5S. The Balaban J connectivity index is 1.51. The van der Waals surface area contributed by atoms with E-state index >= 15 is 0 Å². The number of carbonyl (C=O) groups is 2. The molecular weight excluding hydrogens is 500 g/mol. The monoisotopic (exact) mass is 522 g/mol. The lowest BCUT2D eigenvalue weighted by atomic mass is 10.1. The Morgan fingerprint density at radius 1 is 1.08 bits per heavy atom. The van der Waals surface area contributed by atoms with Crippen molar-refractivity contribution in [2.45, 2.75) is 13.5 Å². The van der Waals surface area contributed by atoms with Crippen molar-refractivity contribution in [1.82, 2.24) is 0 Å². The van der Waals surface area contributed by atoms with Gasteiger partial charge in [-0.05, 0) is 72.3 Å². The summed E-state index contributed by atoms with van der Waals surface area (Å²) in [7, 11) is 1.68. The quantitative estimate of drug-likeness (QED) is 0.356. The van der Waals surface area contributed by atoms with E-state index in [1.54, 1.807) is 42.3 Å². The standard InChI is InChI=1S/C27H23ClN2O5S/c1-3-34-23-14-18(10-13-22(23)35-16-17-8-11-19(28)12-9-17)15-24-25(31)29-27(36-24)30(2)21-7-5-4-6-20(21)26(32)33/h4-15H,3,16H2,1-2H3,(H,32,33)/b24-15-. The van der Waals surface area contributed by atoms with Gasteiger partial charge in [-0.25, -0.2) is 4.79 Å². The van der Waals surface area contributed by atoms with Crippen LogP contribution in [-0.2, 0) is 11.4 Å².